The Kier molecular flexibility index (Phi) is 2.78. The zero-order chi connectivity index (χ0) is 5.70. The summed E-state index contributed by atoms with van der Waals surface area (Å²) in [6, 6.07) is 0. The van der Waals surface area contributed by atoms with E-state index in [4.69, 9.17) is 10.8 Å². The molecular formula is C2H3N2O3. The monoisotopic (exact) mass is 103 g/mol. The Labute approximate surface area is 39.3 Å². The van der Waals surface area contributed by atoms with Gasteiger partial charge in [0.15, 0.2) is 6.54 Å². The van der Waals surface area contributed by atoms with Crippen molar-refractivity contribution in [3.05, 3.63) is 0 Å². The Morgan fingerprint density at radius 1 is 2.00 bits per heavy atom. The van der Waals surface area contributed by atoms with Gasteiger partial charge in [-0.15, -0.1) is 0 Å². The van der Waals surface area contributed by atoms with E-state index in [2.05, 4.69) is 10.0 Å². The van der Waals surface area contributed by atoms with Crippen LogP contribution in [0.15, 0.2) is 5.11 Å². The molecule has 0 fully saturated rings. The van der Waals surface area contributed by atoms with Gasteiger partial charge in [-0.1, -0.05) is 0 Å². The number of hydrogen-bond donors (Lipinski definition) is 1. The summed E-state index contributed by atoms with van der Waals surface area (Å²) in [7, 11) is 0. The average Bonchev–Trinajstić information content (AvgIpc) is 1.68. The molecule has 1 radical (unpaired) electrons. The van der Waals surface area contributed by atoms with Crippen molar-refractivity contribution in [2.24, 2.45) is 5.11 Å². The summed E-state index contributed by atoms with van der Waals surface area (Å²) < 4.78 is 0. The minimum Gasteiger partial charge on any atom is -0.299 e. The summed E-state index contributed by atoms with van der Waals surface area (Å²) in [5, 5.41) is 9.82. The van der Waals surface area contributed by atoms with E-state index in [-0.39, 0.29) is 0 Å². The van der Waals surface area contributed by atoms with Crippen molar-refractivity contribution in [2.75, 3.05) is 6.54 Å². The molecule has 0 aromatic rings. The minimum atomic E-state index is -0.984. The van der Waals surface area contributed by atoms with Crippen molar-refractivity contribution in [2.45, 2.75) is 0 Å². The molecule has 0 rings (SSSR count). The van der Waals surface area contributed by atoms with Crippen LogP contribution in [0.5, 0.6) is 0 Å². The summed E-state index contributed by atoms with van der Waals surface area (Å²) in [6.45, 7) is -0.531. The molecular weight excluding hydrogens is 100 g/mol. The normalized spacial score (nSPS) is 7.57. The van der Waals surface area contributed by atoms with Crippen LogP contribution in [-0.4, -0.2) is 17.8 Å². The maximum Gasteiger partial charge on any atom is 0.365 e. The Morgan fingerprint density at radius 2 is 2.57 bits per heavy atom. The third-order valence-electron chi connectivity index (χ3n) is 0.302. The van der Waals surface area contributed by atoms with Crippen LogP contribution in [0.2, 0.25) is 0 Å². The fraction of sp³-hybridized carbons (Fsp3) is 0.500. The van der Waals surface area contributed by atoms with Gasteiger partial charge in [0.05, 0.1) is 0 Å². The van der Waals surface area contributed by atoms with Crippen molar-refractivity contribution in [3.8, 4) is 0 Å². The van der Waals surface area contributed by atoms with E-state index in [9.17, 15) is 4.79 Å². The molecule has 0 unspecified atom stereocenters. The van der Waals surface area contributed by atoms with E-state index in [0.717, 1.165) is 0 Å². The molecule has 0 aliphatic carbocycles. The van der Waals surface area contributed by atoms with Gasteiger partial charge in [-0.3, -0.25) is 4.89 Å². The maximum atomic E-state index is 9.69. The molecule has 39 valence electrons. The maximum absolute atomic E-state index is 9.69. The van der Waals surface area contributed by atoms with Crippen LogP contribution in [0.3, 0.4) is 0 Å². The summed E-state index contributed by atoms with van der Waals surface area (Å²) in [5.41, 5.74) is 7.58. The predicted octanol–water partition coefficient (Wildman–Crippen LogP) is -0.745. The Balaban J connectivity index is 3.17. The van der Waals surface area contributed by atoms with Gasteiger partial charge in [-0.25, -0.2) is 4.79 Å². The van der Waals surface area contributed by atoms with Gasteiger partial charge in [0.2, 0.25) is 0 Å². The summed E-state index contributed by atoms with van der Waals surface area (Å²) in [4.78, 5) is 12.8. The van der Waals surface area contributed by atoms with Crippen molar-refractivity contribution >= 4 is 5.97 Å². The lowest BCUT2D eigenvalue weighted by Crippen LogP contribution is -2.03. The molecule has 0 bridgehead atoms. The average molecular weight is 103 g/mol. The summed E-state index contributed by atoms with van der Waals surface area (Å²) in [6.07, 6.45) is 0. The molecule has 0 aromatic heterocycles. The third-order valence-corrected chi connectivity index (χ3v) is 0.302. The lowest BCUT2D eigenvalue weighted by atomic mass is 10.7. The smallest absolute Gasteiger partial charge is 0.299 e. The fourth-order valence-electron chi connectivity index (χ4n) is 0.0866. The van der Waals surface area contributed by atoms with Gasteiger partial charge in [-0.05, 0) is 5.53 Å². The first-order chi connectivity index (χ1) is 3.31. The molecule has 0 spiro atoms. The predicted molar refractivity (Wildman–Crippen MR) is 18.1 cm³/mol. The van der Waals surface area contributed by atoms with E-state index in [1.54, 1.807) is 0 Å². The van der Waals surface area contributed by atoms with Crippen molar-refractivity contribution < 1.29 is 14.9 Å². The second kappa shape index (κ2) is 3.23. The quantitative estimate of drug-likeness (QED) is 0.283. The van der Waals surface area contributed by atoms with E-state index in [1.165, 1.54) is 0 Å². The van der Waals surface area contributed by atoms with Crippen molar-refractivity contribution in [1.29, 1.82) is 0 Å². The first kappa shape index (κ1) is 6.03. The van der Waals surface area contributed by atoms with Crippen LogP contribution in [-0.2, 0) is 9.68 Å². The molecule has 5 heteroatoms. The number of rotatable bonds is 2. The lowest BCUT2D eigenvalue weighted by Gasteiger charge is -1.83. The summed E-state index contributed by atoms with van der Waals surface area (Å²) >= 11 is 0. The molecule has 1 N–H and O–H groups in total. The van der Waals surface area contributed by atoms with Crippen LogP contribution in [0, 0.1) is 0 Å². The Hall–Kier alpha value is -0.970. The highest BCUT2D eigenvalue weighted by Crippen LogP contribution is 1.69. The number of nitrogens with zero attached hydrogens (tertiary/aromatic N) is 2. The highest BCUT2D eigenvalue weighted by atomic mass is 17.1. The highest BCUT2D eigenvalue weighted by molar-refractivity contribution is 5.70. The molecule has 0 aliphatic rings. The topological polar surface area (TPSA) is 81.2 Å². The molecule has 5 nitrogen and oxygen atoms in total. The Bertz CT molecular complexity index is 81.0. The molecule has 7 heavy (non-hydrogen) atoms. The molecule has 0 aliphatic heterocycles. The molecule has 0 amide bonds. The molecule has 0 atom stereocenters. The number of hydrogen-bond acceptors (Lipinski definition) is 4. The van der Waals surface area contributed by atoms with Gasteiger partial charge in [0.25, 0.3) is 0 Å². The van der Waals surface area contributed by atoms with Gasteiger partial charge >= 0.3 is 5.97 Å². The lowest BCUT2D eigenvalue weighted by molar-refractivity contribution is -0.232. The molecule has 0 aromatic carbocycles. The van der Waals surface area contributed by atoms with Crippen LogP contribution in [0.25, 0.3) is 0 Å². The van der Waals surface area contributed by atoms with Crippen LogP contribution < -0.4 is 5.53 Å². The molecule has 0 saturated carbocycles. The Morgan fingerprint density at radius 3 is 2.71 bits per heavy atom. The SMILES string of the molecule is [N]=NCC(=O)OO. The van der Waals surface area contributed by atoms with E-state index in [1.807, 2.05) is 0 Å². The van der Waals surface area contributed by atoms with E-state index < -0.39 is 12.5 Å². The minimum absolute atomic E-state index is 0.531. The van der Waals surface area contributed by atoms with E-state index >= 15 is 0 Å². The van der Waals surface area contributed by atoms with Crippen LogP contribution in [0.1, 0.15) is 0 Å². The zero-order valence-corrected chi connectivity index (χ0v) is 3.37. The van der Waals surface area contributed by atoms with Crippen molar-refractivity contribution in [1.82, 2.24) is 5.53 Å². The van der Waals surface area contributed by atoms with Crippen LogP contribution in [0.4, 0.5) is 0 Å². The molecule has 0 heterocycles. The van der Waals surface area contributed by atoms with Gasteiger partial charge in [-0.2, -0.15) is 10.4 Å². The standard InChI is InChI=1S/C2H3N2O3/c3-4-1-2(5)7-6/h6H,1H2. The first-order valence-corrected chi connectivity index (χ1v) is 1.46. The number of carbonyl (C=O) groups excluding carboxylic acids is 1. The molecule has 0 saturated heterocycles. The second-order valence-corrected chi connectivity index (χ2v) is 0.763. The second-order valence-electron chi connectivity index (χ2n) is 0.763. The van der Waals surface area contributed by atoms with Gasteiger partial charge in [0, 0.05) is 0 Å². The van der Waals surface area contributed by atoms with Crippen LogP contribution >= 0.6 is 0 Å². The first-order valence-electron chi connectivity index (χ1n) is 1.46. The van der Waals surface area contributed by atoms with Crippen molar-refractivity contribution in [3.63, 3.8) is 0 Å². The van der Waals surface area contributed by atoms with Gasteiger partial charge in [0.1, 0.15) is 0 Å². The third kappa shape index (κ3) is 2.84. The van der Waals surface area contributed by atoms with Gasteiger partial charge < -0.3 is 0 Å². The largest absolute Gasteiger partial charge is 0.365 e. The summed E-state index contributed by atoms with van der Waals surface area (Å²) in [5.74, 6) is -0.984. The highest BCUT2D eigenvalue weighted by Gasteiger charge is 1.95. The van der Waals surface area contributed by atoms with E-state index in [0.29, 0.717) is 0 Å². The fourth-order valence-corrected chi connectivity index (χ4v) is 0.0866. The number of carbonyl (C=O) groups is 1. The zero-order valence-electron chi connectivity index (χ0n) is 3.37.